The van der Waals surface area contributed by atoms with Crippen LogP contribution in [0.4, 0.5) is 5.69 Å². The van der Waals surface area contributed by atoms with E-state index in [-0.39, 0.29) is 18.4 Å². The maximum Gasteiger partial charge on any atom is 0.228 e. The van der Waals surface area contributed by atoms with E-state index in [1.54, 1.807) is 31.2 Å². The first-order chi connectivity index (χ1) is 7.17. The second-order valence-electron chi connectivity index (χ2n) is 3.48. The van der Waals surface area contributed by atoms with E-state index in [2.05, 4.69) is 5.32 Å². The number of benzene rings is 1. The van der Waals surface area contributed by atoms with Gasteiger partial charge in [0.25, 0.3) is 0 Å². The summed E-state index contributed by atoms with van der Waals surface area (Å²) in [4.78, 5) is 11.5. The monoisotopic (exact) mass is 208 g/mol. The lowest BCUT2D eigenvalue weighted by Gasteiger charge is -2.10. The summed E-state index contributed by atoms with van der Waals surface area (Å²) >= 11 is 0. The molecule has 4 heteroatoms. The summed E-state index contributed by atoms with van der Waals surface area (Å²) in [7, 11) is 0. The van der Waals surface area contributed by atoms with Gasteiger partial charge in [0.1, 0.15) is 0 Å². The number of carbonyl (C=O) groups is 1. The highest BCUT2D eigenvalue weighted by atomic mass is 16.3. The van der Waals surface area contributed by atoms with Crippen molar-refractivity contribution >= 4 is 11.6 Å². The van der Waals surface area contributed by atoms with E-state index in [0.29, 0.717) is 12.2 Å². The lowest BCUT2D eigenvalue weighted by molar-refractivity contribution is -0.119. The molecule has 1 aromatic carbocycles. The molecule has 0 aliphatic carbocycles. The summed E-state index contributed by atoms with van der Waals surface area (Å²) in [6.07, 6.45) is 0. The van der Waals surface area contributed by atoms with Crippen molar-refractivity contribution in [2.75, 3.05) is 11.9 Å². The highest BCUT2D eigenvalue weighted by Gasteiger charge is 2.10. The summed E-state index contributed by atoms with van der Waals surface area (Å²) in [6.45, 7) is 2.06. The number of hydrogen-bond acceptors (Lipinski definition) is 3. The molecule has 0 aliphatic heterocycles. The lowest BCUT2D eigenvalue weighted by atomic mass is 10.1. The van der Waals surface area contributed by atoms with Crippen LogP contribution in [0.25, 0.3) is 0 Å². The predicted molar refractivity (Wildman–Crippen MR) is 59.2 cm³/mol. The van der Waals surface area contributed by atoms with Crippen LogP contribution in [0, 0.1) is 5.92 Å². The normalized spacial score (nSPS) is 12.2. The third kappa shape index (κ3) is 3.34. The van der Waals surface area contributed by atoms with E-state index in [4.69, 9.17) is 10.8 Å². The number of rotatable bonds is 4. The van der Waals surface area contributed by atoms with Gasteiger partial charge in [-0.2, -0.15) is 0 Å². The zero-order valence-corrected chi connectivity index (χ0v) is 8.73. The first-order valence-corrected chi connectivity index (χ1v) is 4.88. The van der Waals surface area contributed by atoms with Gasteiger partial charge in [-0.05, 0) is 17.7 Å². The third-order valence-corrected chi connectivity index (χ3v) is 2.18. The zero-order chi connectivity index (χ0) is 11.3. The van der Waals surface area contributed by atoms with Gasteiger partial charge >= 0.3 is 0 Å². The fourth-order valence-electron chi connectivity index (χ4n) is 1.12. The molecule has 1 atom stereocenters. The van der Waals surface area contributed by atoms with Gasteiger partial charge in [0.2, 0.25) is 5.91 Å². The van der Waals surface area contributed by atoms with Crippen molar-refractivity contribution in [3.63, 3.8) is 0 Å². The van der Waals surface area contributed by atoms with Crippen LogP contribution in [-0.4, -0.2) is 17.6 Å². The molecule has 1 rings (SSSR count). The van der Waals surface area contributed by atoms with Crippen LogP contribution >= 0.6 is 0 Å². The van der Waals surface area contributed by atoms with Crippen LogP contribution in [0.2, 0.25) is 0 Å². The predicted octanol–water partition coefficient (Wildman–Crippen LogP) is 0.712. The topological polar surface area (TPSA) is 75.4 Å². The van der Waals surface area contributed by atoms with Gasteiger partial charge in [-0.15, -0.1) is 0 Å². The fraction of sp³-hybridized carbons (Fsp3) is 0.364. The molecule has 0 bridgehead atoms. The Morgan fingerprint density at radius 2 is 2.33 bits per heavy atom. The van der Waals surface area contributed by atoms with Crippen molar-refractivity contribution < 1.29 is 9.90 Å². The number of aliphatic hydroxyl groups is 1. The van der Waals surface area contributed by atoms with Gasteiger partial charge in [0.15, 0.2) is 0 Å². The van der Waals surface area contributed by atoms with Gasteiger partial charge in [-0.3, -0.25) is 4.79 Å². The van der Waals surface area contributed by atoms with E-state index in [1.807, 2.05) is 0 Å². The molecule has 1 amide bonds. The van der Waals surface area contributed by atoms with Crippen LogP contribution in [0.3, 0.4) is 0 Å². The molecule has 0 fully saturated rings. The minimum absolute atomic E-state index is 0.0316. The quantitative estimate of drug-likeness (QED) is 0.682. The number of nitrogens with one attached hydrogen (secondary N) is 1. The molecule has 0 heterocycles. The van der Waals surface area contributed by atoms with E-state index in [0.717, 1.165) is 5.56 Å². The number of anilines is 1. The summed E-state index contributed by atoms with van der Waals surface area (Å²) in [6, 6.07) is 7.09. The number of amides is 1. The Labute approximate surface area is 89.1 Å². The van der Waals surface area contributed by atoms with E-state index >= 15 is 0 Å². The molecule has 0 saturated carbocycles. The van der Waals surface area contributed by atoms with E-state index in [1.165, 1.54) is 0 Å². The first-order valence-electron chi connectivity index (χ1n) is 4.88. The molecule has 1 unspecified atom stereocenters. The van der Waals surface area contributed by atoms with Gasteiger partial charge < -0.3 is 16.2 Å². The Morgan fingerprint density at radius 1 is 1.60 bits per heavy atom. The lowest BCUT2D eigenvalue weighted by Crippen LogP contribution is -2.26. The summed E-state index contributed by atoms with van der Waals surface area (Å²) in [5, 5.41) is 11.7. The Kier molecular flexibility index (Phi) is 4.27. The molecule has 0 saturated heterocycles. The molecule has 0 radical (unpaired) electrons. The van der Waals surface area contributed by atoms with E-state index < -0.39 is 0 Å². The molecule has 1 aromatic rings. The Balaban J connectivity index is 2.68. The maximum atomic E-state index is 11.5. The van der Waals surface area contributed by atoms with Crippen molar-refractivity contribution in [3.05, 3.63) is 29.8 Å². The SMILES string of the molecule is CC(CN)C(=O)Nc1cccc(CO)c1. The summed E-state index contributed by atoms with van der Waals surface area (Å²) < 4.78 is 0. The summed E-state index contributed by atoms with van der Waals surface area (Å²) in [5.74, 6) is -0.310. The Bertz CT molecular complexity index is 339. The van der Waals surface area contributed by atoms with Gasteiger partial charge in [-0.1, -0.05) is 19.1 Å². The third-order valence-electron chi connectivity index (χ3n) is 2.18. The van der Waals surface area contributed by atoms with E-state index in [9.17, 15) is 4.79 Å². The van der Waals surface area contributed by atoms with Crippen molar-refractivity contribution in [2.24, 2.45) is 11.7 Å². The second kappa shape index (κ2) is 5.48. The van der Waals surface area contributed by atoms with Crippen molar-refractivity contribution in [3.8, 4) is 0 Å². The largest absolute Gasteiger partial charge is 0.392 e. The molecule has 82 valence electrons. The number of aliphatic hydroxyl groups excluding tert-OH is 1. The van der Waals surface area contributed by atoms with Crippen LogP contribution in [-0.2, 0) is 11.4 Å². The van der Waals surface area contributed by atoms with Gasteiger partial charge in [0, 0.05) is 18.2 Å². The molecule has 0 aliphatic rings. The molecule has 0 spiro atoms. The minimum Gasteiger partial charge on any atom is -0.392 e. The average molecular weight is 208 g/mol. The van der Waals surface area contributed by atoms with Crippen molar-refractivity contribution in [2.45, 2.75) is 13.5 Å². The average Bonchev–Trinajstić information content (AvgIpc) is 2.28. The number of nitrogens with two attached hydrogens (primary N) is 1. The first kappa shape index (κ1) is 11.7. The molecular weight excluding hydrogens is 192 g/mol. The van der Waals surface area contributed by atoms with Crippen LogP contribution in [0.1, 0.15) is 12.5 Å². The molecular formula is C11H16N2O2. The molecule has 15 heavy (non-hydrogen) atoms. The molecule has 0 aromatic heterocycles. The van der Waals surface area contributed by atoms with Gasteiger partial charge in [-0.25, -0.2) is 0 Å². The van der Waals surface area contributed by atoms with Crippen molar-refractivity contribution in [1.82, 2.24) is 0 Å². The fourth-order valence-corrected chi connectivity index (χ4v) is 1.12. The van der Waals surface area contributed by atoms with Gasteiger partial charge in [0.05, 0.1) is 6.61 Å². The Morgan fingerprint density at radius 3 is 2.93 bits per heavy atom. The molecule has 4 nitrogen and oxygen atoms in total. The zero-order valence-electron chi connectivity index (χ0n) is 8.73. The maximum absolute atomic E-state index is 11.5. The van der Waals surface area contributed by atoms with Crippen LogP contribution in [0.5, 0.6) is 0 Å². The van der Waals surface area contributed by atoms with Crippen LogP contribution < -0.4 is 11.1 Å². The van der Waals surface area contributed by atoms with Crippen LogP contribution in [0.15, 0.2) is 24.3 Å². The number of carbonyl (C=O) groups excluding carboxylic acids is 1. The second-order valence-corrected chi connectivity index (χ2v) is 3.48. The number of hydrogen-bond donors (Lipinski definition) is 3. The highest BCUT2D eigenvalue weighted by molar-refractivity contribution is 5.92. The van der Waals surface area contributed by atoms with Crippen molar-refractivity contribution in [1.29, 1.82) is 0 Å². The standard InChI is InChI=1S/C11H16N2O2/c1-8(6-12)11(15)13-10-4-2-3-9(5-10)7-14/h2-5,8,14H,6-7,12H2,1H3,(H,13,15). The minimum atomic E-state index is -0.206. The molecule has 4 N–H and O–H groups in total. The Hall–Kier alpha value is -1.39. The highest BCUT2D eigenvalue weighted by Crippen LogP contribution is 2.11. The summed E-state index contributed by atoms with van der Waals surface area (Å²) in [5.41, 5.74) is 6.84. The smallest absolute Gasteiger partial charge is 0.228 e.